The van der Waals surface area contributed by atoms with Crippen molar-refractivity contribution in [3.05, 3.63) is 16.6 Å². The number of carbonyl (C=O) groups excluding carboxylic acids is 2. The van der Waals surface area contributed by atoms with Gasteiger partial charge in [-0.15, -0.1) is 11.3 Å². The van der Waals surface area contributed by atoms with Crippen LogP contribution in [0.2, 0.25) is 0 Å². The Morgan fingerprint density at radius 3 is 3.13 bits per heavy atom. The van der Waals surface area contributed by atoms with Crippen molar-refractivity contribution in [1.29, 1.82) is 0 Å². The molecule has 1 saturated heterocycles. The molecule has 2 N–H and O–H groups in total. The van der Waals surface area contributed by atoms with Crippen molar-refractivity contribution >= 4 is 23.2 Å². The average Bonchev–Trinajstić information content (AvgIpc) is 2.69. The summed E-state index contributed by atoms with van der Waals surface area (Å²) in [6.45, 7) is 0.622. The molecule has 0 radical (unpaired) electrons. The second-order valence-corrected chi connectivity index (χ2v) is 4.32. The topological polar surface area (TPSA) is 71.1 Å². The summed E-state index contributed by atoms with van der Waals surface area (Å²) in [5.74, 6) is -0.411. The van der Waals surface area contributed by atoms with Crippen molar-refractivity contribution in [3.8, 4) is 0 Å². The maximum absolute atomic E-state index is 11.4. The highest BCUT2D eigenvalue weighted by atomic mass is 32.1. The van der Waals surface area contributed by atoms with E-state index in [2.05, 4.69) is 15.6 Å². The Balaban J connectivity index is 1.85. The van der Waals surface area contributed by atoms with E-state index in [0.717, 1.165) is 4.88 Å². The highest BCUT2D eigenvalue weighted by molar-refractivity contribution is 7.09. The Labute approximate surface area is 90.9 Å². The summed E-state index contributed by atoms with van der Waals surface area (Å²) < 4.78 is 0. The minimum Gasteiger partial charge on any atom is -0.301 e. The summed E-state index contributed by atoms with van der Waals surface area (Å²) in [5.41, 5.74) is 1.75. The maximum atomic E-state index is 11.4. The van der Waals surface area contributed by atoms with Crippen LogP contribution in [-0.2, 0) is 16.1 Å². The summed E-state index contributed by atoms with van der Waals surface area (Å²) in [7, 11) is 0. The Morgan fingerprint density at radius 2 is 2.47 bits per heavy atom. The van der Waals surface area contributed by atoms with E-state index >= 15 is 0 Å². The summed E-state index contributed by atoms with van der Waals surface area (Å²) >= 11 is 1.54. The molecule has 1 fully saturated rings. The quantitative estimate of drug-likeness (QED) is 0.712. The molecule has 0 bridgehead atoms. The SMILES string of the molecule is O=C1CCC(NCc2cncs2)C(=O)N1. The lowest BCUT2D eigenvalue weighted by Gasteiger charge is -2.21. The van der Waals surface area contributed by atoms with E-state index in [4.69, 9.17) is 0 Å². The van der Waals surface area contributed by atoms with E-state index in [-0.39, 0.29) is 17.9 Å². The molecule has 0 spiro atoms. The molecule has 1 aromatic heterocycles. The van der Waals surface area contributed by atoms with E-state index in [1.807, 2.05) is 0 Å². The first-order valence-electron chi connectivity index (χ1n) is 4.70. The predicted molar refractivity (Wildman–Crippen MR) is 55.1 cm³/mol. The third kappa shape index (κ3) is 2.60. The summed E-state index contributed by atoms with van der Waals surface area (Å²) in [4.78, 5) is 27.3. The van der Waals surface area contributed by atoms with Gasteiger partial charge < -0.3 is 5.32 Å². The second kappa shape index (κ2) is 4.50. The average molecular weight is 225 g/mol. The van der Waals surface area contributed by atoms with Gasteiger partial charge in [0.2, 0.25) is 11.8 Å². The number of piperidine rings is 1. The molecular weight excluding hydrogens is 214 g/mol. The largest absolute Gasteiger partial charge is 0.301 e. The molecule has 5 nitrogen and oxygen atoms in total. The standard InChI is InChI=1S/C9H11N3O2S/c13-8-2-1-7(9(14)12-8)11-4-6-3-10-5-15-6/h3,5,7,11H,1-2,4H2,(H,12,13,14). The van der Waals surface area contributed by atoms with Gasteiger partial charge in [0.05, 0.1) is 11.6 Å². The van der Waals surface area contributed by atoms with Crippen LogP contribution < -0.4 is 10.6 Å². The van der Waals surface area contributed by atoms with E-state index in [0.29, 0.717) is 19.4 Å². The molecule has 15 heavy (non-hydrogen) atoms. The second-order valence-electron chi connectivity index (χ2n) is 3.35. The number of thiazole rings is 1. The number of aromatic nitrogens is 1. The minimum absolute atomic E-state index is 0.184. The summed E-state index contributed by atoms with van der Waals surface area (Å²) in [6, 6.07) is -0.259. The van der Waals surface area contributed by atoms with E-state index in [1.165, 1.54) is 0 Å². The molecule has 2 rings (SSSR count). The van der Waals surface area contributed by atoms with Gasteiger partial charge in [-0.05, 0) is 6.42 Å². The lowest BCUT2D eigenvalue weighted by Crippen LogP contribution is -2.50. The van der Waals surface area contributed by atoms with Gasteiger partial charge in [-0.25, -0.2) is 0 Å². The normalized spacial score (nSPS) is 21.5. The molecule has 80 valence electrons. The van der Waals surface area contributed by atoms with Gasteiger partial charge in [0.1, 0.15) is 0 Å². The molecule has 2 heterocycles. The third-order valence-corrected chi connectivity index (χ3v) is 3.02. The van der Waals surface area contributed by atoms with Crippen LogP contribution in [0, 0.1) is 0 Å². The summed E-state index contributed by atoms with van der Waals surface area (Å²) in [5, 5.41) is 5.41. The summed E-state index contributed by atoms with van der Waals surface area (Å²) in [6.07, 6.45) is 2.75. The van der Waals surface area contributed by atoms with Crippen LogP contribution in [0.15, 0.2) is 11.7 Å². The Kier molecular flexibility index (Phi) is 3.08. The minimum atomic E-state index is -0.259. The number of rotatable bonds is 3. The number of amides is 2. The maximum Gasteiger partial charge on any atom is 0.243 e. The number of hydrogen-bond donors (Lipinski definition) is 2. The van der Waals surface area contributed by atoms with Gasteiger partial charge in [-0.3, -0.25) is 19.9 Å². The van der Waals surface area contributed by atoms with Gasteiger partial charge >= 0.3 is 0 Å². The number of nitrogens with one attached hydrogen (secondary N) is 2. The van der Waals surface area contributed by atoms with Crippen LogP contribution in [0.3, 0.4) is 0 Å². The zero-order valence-electron chi connectivity index (χ0n) is 8.03. The lowest BCUT2D eigenvalue weighted by molar-refractivity contribution is -0.134. The molecule has 6 heteroatoms. The van der Waals surface area contributed by atoms with Crippen molar-refractivity contribution in [3.63, 3.8) is 0 Å². The molecule has 0 aliphatic carbocycles. The van der Waals surface area contributed by atoms with Gasteiger partial charge in [-0.1, -0.05) is 0 Å². The van der Waals surface area contributed by atoms with Gasteiger partial charge in [0.15, 0.2) is 0 Å². The van der Waals surface area contributed by atoms with Crippen molar-refractivity contribution in [2.75, 3.05) is 0 Å². The van der Waals surface area contributed by atoms with Crippen LogP contribution in [0.1, 0.15) is 17.7 Å². The van der Waals surface area contributed by atoms with E-state index in [9.17, 15) is 9.59 Å². The lowest BCUT2D eigenvalue weighted by atomic mass is 10.1. The van der Waals surface area contributed by atoms with Crippen LogP contribution in [0.4, 0.5) is 0 Å². The van der Waals surface area contributed by atoms with Crippen LogP contribution in [-0.4, -0.2) is 22.8 Å². The number of hydrogen-bond acceptors (Lipinski definition) is 5. The fourth-order valence-electron chi connectivity index (χ4n) is 1.44. The Morgan fingerprint density at radius 1 is 1.60 bits per heavy atom. The highest BCUT2D eigenvalue weighted by Gasteiger charge is 2.25. The molecule has 0 aromatic carbocycles. The fourth-order valence-corrected chi connectivity index (χ4v) is 1.99. The monoisotopic (exact) mass is 225 g/mol. The van der Waals surface area contributed by atoms with Crippen LogP contribution in [0.5, 0.6) is 0 Å². The smallest absolute Gasteiger partial charge is 0.243 e. The van der Waals surface area contributed by atoms with E-state index in [1.54, 1.807) is 23.0 Å². The van der Waals surface area contributed by atoms with Crippen LogP contribution in [0.25, 0.3) is 0 Å². The fraction of sp³-hybridized carbons (Fsp3) is 0.444. The Bertz CT molecular complexity index is 363. The number of nitrogens with zero attached hydrogens (tertiary/aromatic N) is 1. The molecule has 1 atom stereocenters. The van der Waals surface area contributed by atoms with E-state index < -0.39 is 0 Å². The van der Waals surface area contributed by atoms with Crippen molar-refractivity contribution < 1.29 is 9.59 Å². The van der Waals surface area contributed by atoms with Crippen molar-refractivity contribution in [2.24, 2.45) is 0 Å². The van der Waals surface area contributed by atoms with Gasteiger partial charge in [0.25, 0.3) is 0 Å². The molecule has 1 aliphatic heterocycles. The Hall–Kier alpha value is -1.27. The molecule has 2 amide bonds. The molecule has 1 aromatic rings. The number of carbonyl (C=O) groups is 2. The molecule has 0 saturated carbocycles. The first kappa shape index (κ1) is 10.3. The van der Waals surface area contributed by atoms with Crippen molar-refractivity contribution in [1.82, 2.24) is 15.6 Å². The predicted octanol–water partition coefficient (Wildman–Crippen LogP) is 0.0379. The van der Waals surface area contributed by atoms with Crippen molar-refractivity contribution in [2.45, 2.75) is 25.4 Å². The third-order valence-electron chi connectivity index (χ3n) is 2.25. The first-order chi connectivity index (χ1) is 7.25. The molecule has 1 unspecified atom stereocenters. The zero-order chi connectivity index (χ0) is 10.7. The van der Waals surface area contributed by atoms with Crippen LogP contribution >= 0.6 is 11.3 Å². The highest BCUT2D eigenvalue weighted by Crippen LogP contribution is 2.08. The molecular formula is C9H11N3O2S. The first-order valence-corrected chi connectivity index (χ1v) is 5.58. The molecule has 1 aliphatic rings. The zero-order valence-corrected chi connectivity index (χ0v) is 8.84. The van der Waals surface area contributed by atoms with Gasteiger partial charge in [-0.2, -0.15) is 0 Å². The van der Waals surface area contributed by atoms with Gasteiger partial charge in [0, 0.05) is 24.0 Å². The number of imide groups is 1.